The van der Waals surface area contributed by atoms with E-state index in [-0.39, 0.29) is 0 Å². The molecule has 1 aromatic heterocycles. The number of nitrogen functional groups attached to an aromatic ring is 1. The summed E-state index contributed by atoms with van der Waals surface area (Å²) in [5.74, 6) is 0. The number of rotatable bonds is 1. The number of anilines is 1. The van der Waals surface area contributed by atoms with Gasteiger partial charge in [-0.15, -0.1) is 0 Å². The van der Waals surface area contributed by atoms with E-state index in [2.05, 4.69) is 38.0 Å². The van der Waals surface area contributed by atoms with Crippen molar-refractivity contribution in [3.05, 3.63) is 35.0 Å². The largest absolute Gasteiger partial charge is 0.396 e. The molecule has 2 N–H and O–H groups in total. The molecule has 1 heterocycles. The molecule has 3 heteroatoms. The first-order valence-corrected chi connectivity index (χ1v) is 5.36. The van der Waals surface area contributed by atoms with E-state index in [1.807, 2.05) is 11.7 Å². The molecule has 0 saturated carbocycles. The van der Waals surface area contributed by atoms with Gasteiger partial charge in [0.15, 0.2) is 0 Å². The molecule has 0 spiro atoms. The molecule has 0 atom stereocenters. The zero-order valence-electron chi connectivity index (χ0n) is 10.2. The molecular formula is C13H17N3. The molecule has 0 amide bonds. The minimum absolute atomic E-state index is 0.734. The molecular weight excluding hydrogens is 198 g/mol. The molecule has 16 heavy (non-hydrogen) atoms. The third-order valence-corrected chi connectivity index (χ3v) is 2.88. The minimum atomic E-state index is 0.734. The van der Waals surface area contributed by atoms with Gasteiger partial charge >= 0.3 is 0 Å². The monoisotopic (exact) mass is 215 g/mol. The van der Waals surface area contributed by atoms with Crippen LogP contribution in [0.15, 0.2) is 18.3 Å². The predicted molar refractivity (Wildman–Crippen MR) is 67.3 cm³/mol. The lowest BCUT2D eigenvalue weighted by atomic mass is 9.97. The zero-order chi connectivity index (χ0) is 11.9. The van der Waals surface area contributed by atoms with Crippen LogP contribution in [-0.2, 0) is 7.05 Å². The second-order valence-corrected chi connectivity index (χ2v) is 4.35. The maximum Gasteiger partial charge on any atom is 0.0914 e. The maximum absolute atomic E-state index is 5.97. The van der Waals surface area contributed by atoms with Gasteiger partial charge in [0, 0.05) is 12.6 Å². The van der Waals surface area contributed by atoms with Crippen molar-refractivity contribution in [3.8, 4) is 11.3 Å². The average Bonchev–Trinajstić information content (AvgIpc) is 2.47. The molecule has 0 aliphatic heterocycles. The molecule has 0 bridgehead atoms. The van der Waals surface area contributed by atoms with Crippen molar-refractivity contribution >= 4 is 5.69 Å². The smallest absolute Gasteiger partial charge is 0.0914 e. The highest BCUT2D eigenvalue weighted by atomic mass is 15.3. The third-order valence-electron chi connectivity index (χ3n) is 2.88. The highest BCUT2D eigenvalue weighted by molar-refractivity contribution is 5.77. The van der Waals surface area contributed by atoms with Crippen molar-refractivity contribution in [2.75, 3.05) is 5.73 Å². The summed E-state index contributed by atoms with van der Waals surface area (Å²) in [5.41, 5.74) is 12.7. The van der Waals surface area contributed by atoms with Crippen molar-refractivity contribution in [2.24, 2.45) is 7.05 Å². The molecule has 2 rings (SSSR count). The number of hydrogen-bond donors (Lipinski definition) is 1. The molecule has 0 fully saturated rings. The number of aromatic nitrogens is 2. The normalized spacial score (nSPS) is 10.8. The van der Waals surface area contributed by atoms with E-state index in [0.29, 0.717) is 0 Å². The van der Waals surface area contributed by atoms with Gasteiger partial charge in [0.2, 0.25) is 0 Å². The summed E-state index contributed by atoms with van der Waals surface area (Å²) in [6, 6.07) is 4.35. The zero-order valence-corrected chi connectivity index (χ0v) is 10.2. The molecule has 0 unspecified atom stereocenters. The summed E-state index contributed by atoms with van der Waals surface area (Å²) < 4.78 is 1.83. The number of hydrogen-bond acceptors (Lipinski definition) is 2. The Kier molecular flexibility index (Phi) is 2.46. The van der Waals surface area contributed by atoms with Gasteiger partial charge in [0.05, 0.1) is 17.6 Å². The van der Waals surface area contributed by atoms with Gasteiger partial charge in [-0.3, -0.25) is 4.68 Å². The highest BCUT2D eigenvalue weighted by Gasteiger charge is 2.13. The van der Waals surface area contributed by atoms with Crippen LogP contribution >= 0.6 is 0 Å². The first kappa shape index (κ1) is 10.7. The van der Waals surface area contributed by atoms with E-state index < -0.39 is 0 Å². The summed E-state index contributed by atoms with van der Waals surface area (Å²) >= 11 is 0. The fraction of sp³-hybridized carbons (Fsp3) is 0.308. The Morgan fingerprint density at radius 1 is 1.12 bits per heavy atom. The Morgan fingerprint density at radius 2 is 1.69 bits per heavy atom. The molecule has 2 aromatic rings. The van der Waals surface area contributed by atoms with Gasteiger partial charge in [0.25, 0.3) is 0 Å². The van der Waals surface area contributed by atoms with Crippen LogP contribution in [0.3, 0.4) is 0 Å². The van der Waals surface area contributed by atoms with Gasteiger partial charge in [-0.25, -0.2) is 0 Å². The van der Waals surface area contributed by atoms with Crippen LogP contribution in [0, 0.1) is 20.8 Å². The summed E-state index contributed by atoms with van der Waals surface area (Å²) in [5, 5.41) is 4.19. The SMILES string of the molecule is Cc1cc(C)c(-c2c(N)cnn2C)c(C)c1. The fourth-order valence-corrected chi connectivity index (χ4v) is 2.31. The van der Waals surface area contributed by atoms with E-state index in [4.69, 9.17) is 5.73 Å². The highest BCUT2D eigenvalue weighted by Crippen LogP contribution is 2.31. The fourth-order valence-electron chi connectivity index (χ4n) is 2.31. The minimum Gasteiger partial charge on any atom is -0.396 e. The molecule has 1 aromatic carbocycles. The van der Waals surface area contributed by atoms with E-state index in [9.17, 15) is 0 Å². The molecule has 84 valence electrons. The van der Waals surface area contributed by atoms with Crippen LogP contribution in [0.1, 0.15) is 16.7 Å². The van der Waals surface area contributed by atoms with Crippen LogP contribution in [0.2, 0.25) is 0 Å². The van der Waals surface area contributed by atoms with Gasteiger partial charge < -0.3 is 5.73 Å². The molecule has 3 nitrogen and oxygen atoms in total. The maximum atomic E-state index is 5.97. The van der Waals surface area contributed by atoms with Crippen molar-refractivity contribution in [1.82, 2.24) is 9.78 Å². The average molecular weight is 215 g/mol. The summed E-state index contributed by atoms with van der Waals surface area (Å²) in [7, 11) is 1.92. The molecule has 0 saturated heterocycles. The van der Waals surface area contributed by atoms with E-state index in [1.54, 1.807) is 6.20 Å². The topological polar surface area (TPSA) is 43.8 Å². The van der Waals surface area contributed by atoms with Gasteiger partial charge in [-0.1, -0.05) is 17.7 Å². The van der Waals surface area contributed by atoms with Crippen molar-refractivity contribution in [1.29, 1.82) is 0 Å². The summed E-state index contributed by atoms with van der Waals surface area (Å²) in [6.07, 6.45) is 1.70. The molecule has 0 radical (unpaired) electrons. The first-order valence-electron chi connectivity index (χ1n) is 5.36. The van der Waals surface area contributed by atoms with Crippen LogP contribution in [0.25, 0.3) is 11.3 Å². The lowest BCUT2D eigenvalue weighted by Crippen LogP contribution is -2.00. The number of benzene rings is 1. The Hall–Kier alpha value is -1.77. The number of aryl methyl sites for hydroxylation is 4. The van der Waals surface area contributed by atoms with Crippen LogP contribution < -0.4 is 5.73 Å². The van der Waals surface area contributed by atoms with E-state index in [0.717, 1.165) is 11.4 Å². The second kappa shape index (κ2) is 3.67. The van der Waals surface area contributed by atoms with Gasteiger partial charge in [-0.05, 0) is 31.9 Å². The van der Waals surface area contributed by atoms with Crippen molar-refractivity contribution < 1.29 is 0 Å². The van der Waals surface area contributed by atoms with Crippen molar-refractivity contribution in [3.63, 3.8) is 0 Å². The predicted octanol–water partition coefficient (Wildman–Crippen LogP) is 2.59. The lowest BCUT2D eigenvalue weighted by molar-refractivity contribution is 0.775. The number of nitrogens with two attached hydrogens (primary N) is 1. The van der Waals surface area contributed by atoms with Crippen LogP contribution in [-0.4, -0.2) is 9.78 Å². The Labute approximate surface area is 95.9 Å². The summed E-state index contributed by atoms with van der Waals surface area (Å²) in [4.78, 5) is 0. The Balaban J connectivity index is 2.74. The quantitative estimate of drug-likeness (QED) is 0.794. The van der Waals surface area contributed by atoms with Gasteiger partial charge in [0.1, 0.15) is 0 Å². The summed E-state index contributed by atoms with van der Waals surface area (Å²) in [6.45, 7) is 6.33. The second-order valence-electron chi connectivity index (χ2n) is 4.35. The third kappa shape index (κ3) is 1.58. The standard InChI is InChI=1S/C13H17N3/c1-8-5-9(2)12(10(3)6-8)13-11(14)7-15-16(13)4/h5-7H,14H2,1-4H3. The lowest BCUT2D eigenvalue weighted by Gasteiger charge is -2.12. The first-order chi connectivity index (χ1) is 7.50. The van der Waals surface area contributed by atoms with Crippen LogP contribution in [0.5, 0.6) is 0 Å². The Morgan fingerprint density at radius 3 is 2.12 bits per heavy atom. The van der Waals surface area contributed by atoms with Crippen LogP contribution in [0.4, 0.5) is 5.69 Å². The Bertz CT molecular complexity index is 496. The molecule has 0 aliphatic carbocycles. The van der Waals surface area contributed by atoms with Crippen molar-refractivity contribution in [2.45, 2.75) is 20.8 Å². The van der Waals surface area contributed by atoms with E-state index in [1.165, 1.54) is 22.3 Å². The number of nitrogens with zero attached hydrogens (tertiary/aromatic N) is 2. The van der Waals surface area contributed by atoms with Gasteiger partial charge in [-0.2, -0.15) is 5.10 Å². The van der Waals surface area contributed by atoms with E-state index >= 15 is 0 Å². The molecule has 0 aliphatic rings.